The van der Waals surface area contributed by atoms with Crippen LogP contribution in [0.3, 0.4) is 0 Å². The summed E-state index contributed by atoms with van der Waals surface area (Å²) in [5, 5.41) is 3.16. The molecule has 1 N–H and O–H groups in total. The van der Waals surface area contributed by atoms with Gasteiger partial charge in [0.2, 0.25) is 5.95 Å². The summed E-state index contributed by atoms with van der Waals surface area (Å²) in [6, 6.07) is 7.27. The predicted octanol–water partition coefficient (Wildman–Crippen LogP) is 5.37. The molecule has 39 heavy (non-hydrogen) atoms. The number of hydrogen-bond donors (Lipinski definition) is 1. The first-order chi connectivity index (χ1) is 19.0. The molecule has 2 aromatic carbocycles. The van der Waals surface area contributed by atoms with Gasteiger partial charge in [-0.15, -0.1) is 0 Å². The fourth-order valence-electron chi connectivity index (χ4n) is 4.66. The summed E-state index contributed by atoms with van der Waals surface area (Å²) >= 11 is 0. The number of anilines is 2. The van der Waals surface area contributed by atoms with Gasteiger partial charge in [0.15, 0.2) is 17.3 Å². The molecule has 208 valence electrons. The highest BCUT2D eigenvalue weighted by Crippen LogP contribution is 2.41. The zero-order valence-electron chi connectivity index (χ0n) is 22.3. The van der Waals surface area contributed by atoms with E-state index in [1.165, 1.54) is 25.6 Å². The predicted molar refractivity (Wildman–Crippen MR) is 143 cm³/mol. The topological polar surface area (TPSA) is 78.0 Å². The summed E-state index contributed by atoms with van der Waals surface area (Å²) in [6.45, 7) is 6.50. The summed E-state index contributed by atoms with van der Waals surface area (Å²) in [7, 11) is 1.37. The highest BCUT2D eigenvalue weighted by molar-refractivity contribution is 5.57. The third-order valence-corrected chi connectivity index (χ3v) is 7.28. The van der Waals surface area contributed by atoms with Crippen molar-refractivity contribution < 1.29 is 27.7 Å². The number of ether oxygens (including phenoxy) is 4. The number of hydrogen-bond acceptors (Lipinski definition) is 8. The van der Waals surface area contributed by atoms with E-state index in [1.807, 2.05) is 25.1 Å². The maximum absolute atomic E-state index is 15.1. The lowest BCUT2D eigenvalue weighted by Crippen LogP contribution is -2.38. The molecule has 0 spiro atoms. The molecule has 3 aromatic rings. The average molecular weight is 541 g/mol. The van der Waals surface area contributed by atoms with Gasteiger partial charge in [0.1, 0.15) is 24.8 Å². The van der Waals surface area contributed by atoms with Gasteiger partial charge in [0.05, 0.1) is 38.3 Å². The maximum Gasteiger partial charge on any atom is 0.227 e. The minimum atomic E-state index is -0.750. The molecule has 2 fully saturated rings. The molecule has 1 aromatic heterocycles. The Hall–Kier alpha value is -3.50. The van der Waals surface area contributed by atoms with Crippen LogP contribution in [0, 0.1) is 18.6 Å². The van der Waals surface area contributed by atoms with Crippen molar-refractivity contribution in [1.82, 2.24) is 14.9 Å². The van der Waals surface area contributed by atoms with Gasteiger partial charge in [0.25, 0.3) is 0 Å². The van der Waals surface area contributed by atoms with E-state index in [2.05, 4.69) is 20.2 Å². The Morgan fingerprint density at radius 3 is 2.49 bits per heavy atom. The molecule has 0 unspecified atom stereocenters. The Balaban J connectivity index is 1.19. The van der Waals surface area contributed by atoms with Gasteiger partial charge in [0, 0.05) is 31.4 Å². The van der Waals surface area contributed by atoms with Crippen LogP contribution >= 0.6 is 0 Å². The van der Waals surface area contributed by atoms with E-state index in [1.54, 1.807) is 0 Å². The summed E-state index contributed by atoms with van der Waals surface area (Å²) in [4.78, 5) is 10.9. The van der Waals surface area contributed by atoms with E-state index in [0.29, 0.717) is 23.9 Å². The standard InChI is InChI=1S/C29H34F2N4O4/c1-19-6-7-21(14-25(19)38-13-10-35-8-11-37-12-9-35)34-29-32-16-22(17-33-29)39-18-24-27(30)23(20-4-3-5-20)15-26(36-2)28(24)31/h6-7,14-17,20H,3-5,8-13,18H2,1-2H3,(H,32,33,34). The van der Waals surface area contributed by atoms with Crippen LogP contribution < -0.4 is 19.5 Å². The van der Waals surface area contributed by atoms with Crippen molar-refractivity contribution in [3.63, 3.8) is 0 Å². The van der Waals surface area contributed by atoms with Crippen LogP contribution in [0.1, 0.15) is 41.9 Å². The molecule has 1 aliphatic carbocycles. The Kier molecular flexibility index (Phi) is 8.73. The molecule has 1 aliphatic heterocycles. The Bertz CT molecular complexity index is 1270. The molecule has 1 saturated carbocycles. The van der Waals surface area contributed by atoms with Crippen LogP contribution in [0.2, 0.25) is 0 Å². The lowest BCUT2D eigenvalue weighted by molar-refractivity contribution is 0.0322. The molecule has 2 aliphatic rings. The van der Waals surface area contributed by atoms with E-state index in [4.69, 9.17) is 18.9 Å². The largest absolute Gasteiger partial charge is 0.494 e. The van der Waals surface area contributed by atoms with Crippen molar-refractivity contribution in [2.24, 2.45) is 0 Å². The van der Waals surface area contributed by atoms with Crippen LogP contribution in [0.25, 0.3) is 0 Å². The highest BCUT2D eigenvalue weighted by atomic mass is 19.1. The van der Waals surface area contributed by atoms with Gasteiger partial charge in [-0.25, -0.2) is 18.7 Å². The zero-order chi connectivity index (χ0) is 27.2. The number of rotatable bonds is 11. The van der Waals surface area contributed by atoms with E-state index < -0.39 is 11.6 Å². The number of methoxy groups -OCH3 is 1. The Morgan fingerprint density at radius 2 is 1.79 bits per heavy atom. The third kappa shape index (κ3) is 6.57. The molecule has 8 nitrogen and oxygen atoms in total. The zero-order valence-corrected chi connectivity index (χ0v) is 22.3. The quantitative estimate of drug-likeness (QED) is 0.348. The fourth-order valence-corrected chi connectivity index (χ4v) is 4.66. The second-order valence-corrected chi connectivity index (χ2v) is 9.84. The first-order valence-corrected chi connectivity index (χ1v) is 13.3. The average Bonchev–Trinajstić information content (AvgIpc) is 2.92. The van der Waals surface area contributed by atoms with Gasteiger partial charge in [-0.1, -0.05) is 12.5 Å². The molecular formula is C29H34F2N4O4. The van der Waals surface area contributed by atoms with Crippen LogP contribution in [0.5, 0.6) is 17.2 Å². The van der Waals surface area contributed by atoms with Crippen molar-refractivity contribution in [1.29, 1.82) is 0 Å². The second kappa shape index (κ2) is 12.6. The van der Waals surface area contributed by atoms with E-state index in [-0.39, 0.29) is 23.8 Å². The SMILES string of the molecule is COc1cc(C2CCC2)c(F)c(COc2cnc(Nc3ccc(C)c(OCCN4CCOCC4)c3)nc2)c1F. The minimum Gasteiger partial charge on any atom is -0.494 e. The van der Waals surface area contributed by atoms with Gasteiger partial charge in [-0.05, 0) is 48.9 Å². The second-order valence-electron chi connectivity index (χ2n) is 9.84. The lowest BCUT2D eigenvalue weighted by Gasteiger charge is -2.27. The van der Waals surface area contributed by atoms with Crippen LogP contribution in [0.15, 0.2) is 36.7 Å². The lowest BCUT2D eigenvalue weighted by atomic mass is 9.79. The van der Waals surface area contributed by atoms with Gasteiger partial charge >= 0.3 is 0 Å². The third-order valence-electron chi connectivity index (χ3n) is 7.28. The molecule has 0 radical (unpaired) electrons. The summed E-state index contributed by atoms with van der Waals surface area (Å²) in [5.41, 5.74) is 2.14. The summed E-state index contributed by atoms with van der Waals surface area (Å²) < 4.78 is 52.2. The van der Waals surface area contributed by atoms with Gasteiger partial charge in [-0.2, -0.15) is 0 Å². The molecule has 0 bridgehead atoms. The number of aryl methyl sites for hydroxylation is 1. The number of aromatic nitrogens is 2. The molecule has 1 saturated heterocycles. The molecule has 0 amide bonds. The minimum absolute atomic E-state index is 0.0234. The number of morpholine rings is 1. The number of halogens is 2. The van der Waals surface area contributed by atoms with Crippen molar-refractivity contribution in [2.45, 2.75) is 38.7 Å². The van der Waals surface area contributed by atoms with Crippen molar-refractivity contribution >= 4 is 11.6 Å². The Labute approximate surface area is 227 Å². The van der Waals surface area contributed by atoms with Gasteiger partial charge < -0.3 is 24.3 Å². The highest BCUT2D eigenvalue weighted by Gasteiger charge is 2.28. The maximum atomic E-state index is 15.1. The normalized spacial score (nSPS) is 16.0. The van der Waals surface area contributed by atoms with Crippen LogP contribution in [-0.2, 0) is 11.3 Å². The number of benzene rings is 2. The van der Waals surface area contributed by atoms with Gasteiger partial charge in [-0.3, -0.25) is 4.90 Å². The first kappa shape index (κ1) is 27.1. The number of nitrogens with zero attached hydrogens (tertiary/aromatic N) is 3. The monoisotopic (exact) mass is 540 g/mol. The molecular weight excluding hydrogens is 506 g/mol. The summed E-state index contributed by atoms with van der Waals surface area (Å²) in [5.74, 6) is 0.232. The Morgan fingerprint density at radius 1 is 1.03 bits per heavy atom. The first-order valence-electron chi connectivity index (χ1n) is 13.3. The van der Waals surface area contributed by atoms with Crippen molar-refractivity contribution in [3.05, 3.63) is 65.0 Å². The van der Waals surface area contributed by atoms with E-state index in [0.717, 1.165) is 69.1 Å². The fraction of sp³-hybridized carbons (Fsp3) is 0.448. The van der Waals surface area contributed by atoms with Crippen LogP contribution in [-0.4, -0.2) is 61.4 Å². The van der Waals surface area contributed by atoms with E-state index in [9.17, 15) is 4.39 Å². The number of nitrogens with one attached hydrogen (secondary N) is 1. The van der Waals surface area contributed by atoms with E-state index >= 15 is 4.39 Å². The molecule has 2 heterocycles. The van der Waals surface area contributed by atoms with Crippen molar-refractivity contribution in [3.8, 4) is 17.2 Å². The molecule has 10 heteroatoms. The molecule has 5 rings (SSSR count). The summed E-state index contributed by atoms with van der Waals surface area (Å²) in [6.07, 6.45) is 5.74. The molecule has 0 atom stereocenters. The smallest absolute Gasteiger partial charge is 0.227 e. The van der Waals surface area contributed by atoms with Crippen LogP contribution in [0.4, 0.5) is 20.4 Å². The van der Waals surface area contributed by atoms with Crippen molar-refractivity contribution in [2.75, 3.05) is 51.9 Å².